The van der Waals surface area contributed by atoms with E-state index >= 15 is 0 Å². The molecule has 0 bridgehead atoms. The molecule has 0 aromatic heterocycles. The van der Waals surface area contributed by atoms with Gasteiger partial charge in [-0.2, -0.15) is 0 Å². The number of hydrogen-bond acceptors (Lipinski definition) is 3. The maximum Gasteiger partial charge on any atom is 0.193 e. The molecule has 0 saturated carbocycles. The fraction of sp³-hybridized carbons (Fsp3) is 0.667. The third-order valence-electron chi connectivity index (χ3n) is 5.59. The molecular weight excluding hydrogens is 324 g/mol. The largest absolute Gasteiger partial charge is 0.379 e. The average molecular weight is 359 g/mol. The number of likely N-dealkylation sites (tertiary alicyclic amines) is 1. The third-order valence-corrected chi connectivity index (χ3v) is 5.59. The molecule has 144 valence electrons. The van der Waals surface area contributed by atoms with Crippen molar-refractivity contribution >= 4 is 5.96 Å². The second kappa shape index (κ2) is 8.40. The lowest BCUT2D eigenvalue weighted by molar-refractivity contribution is 0.0169. The Morgan fingerprint density at radius 2 is 1.88 bits per heavy atom. The van der Waals surface area contributed by atoms with E-state index in [9.17, 15) is 0 Å². The fourth-order valence-corrected chi connectivity index (χ4v) is 3.95. The van der Waals surface area contributed by atoms with Crippen LogP contribution in [0.2, 0.25) is 0 Å². The van der Waals surface area contributed by atoms with E-state index in [1.165, 1.54) is 17.5 Å². The maximum absolute atomic E-state index is 5.56. The highest BCUT2D eigenvalue weighted by Crippen LogP contribution is 2.29. The van der Waals surface area contributed by atoms with E-state index in [1.807, 2.05) is 7.05 Å². The van der Waals surface area contributed by atoms with Crippen LogP contribution in [0.3, 0.4) is 0 Å². The zero-order chi connectivity index (χ0) is 18.6. The predicted octanol–water partition coefficient (Wildman–Crippen LogP) is 2.68. The molecule has 2 heterocycles. The standard InChI is InChI=1S/C21H34N4O/c1-17-5-7-18(8-6-17)19(24-11-13-26-14-12-24)15-23-20(22-4)25-10-9-21(2,3)16-25/h5-8,19H,9-16H2,1-4H3,(H,22,23). The number of rotatable bonds is 4. The Balaban J connectivity index is 1.69. The lowest BCUT2D eigenvalue weighted by atomic mass is 9.93. The normalized spacial score (nSPS) is 22.5. The first-order valence-electron chi connectivity index (χ1n) is 9.82. The van der Waals surface area contributed by atoms with Crippen LogP contribution >= 0.6 is 0 Å². The number of benzene rings is 1. The van der Waals surface area contributed by atoms with E-state index in [2.05, 4.69) is 65.1 Å². The lowest BCUT2D eigenvalue weighted by Crippen LogP contribution is -2.47. The lowest BCUT2D eigenvalue weighted by Gasteiger charge is -2.36. The van der Waals surface area contributed by atoms with Crippen LogP contribution in [-0.2, 0) is 4.74 Å². The summed E-state index contributed by atoms with van der Waals surface area (Å²) >= 11 is 0. The molecule has 1 unspecified atom stereocenters. The number of aryl methyl sites for hydroxylation is 1. The van der Waals surface area contributed by atoms with Gasteiger partial charge in [-0.3, -0.25) is 9.89 Å². The number of nitrogens with zero attached hydrogens (tertiary/aromatic N) is 3. The Hall–Kier alpha value is -1.59. The van der Waals surface area contributed by atoms with Gasteiger partial charge >= 0.3 is 0 Å². The van der Waals surface area contributed by atoms with Crippen LogP contribution in [0, 0.1) is 12.3 Å². The molecule has 2 fully saturated rings. The molecular formula is C21H34N4O. The minimum atomic E-state index is 0.340. The second-order valence-electron chi connectivity index (χ2n) is 8.34. The highest BCUT2D eigenvalue weighted by Gasteiger charge is 2.31. The zero-order valence-corrected chi connectivity index (χ0v) is 16.8. The second-order valence-corrected chi connectivity index (χ2v) is 8.34. The van der Waals surface area contributed by atoms with Gasteiger partial charge in [-0.25, -0.2) is 0 Å². The molecule has 5 heteroatoms. The van der Waals surface area contributed by atoms with E-state index in [-0.39, 0.29) is 0 Å². The third kappa shape index (κ3) is 4.77. The molecule has 1 aromatic carbocycles. The van der Waals surface area contributed by atoms with Crippen molar-refractivity contribution in [1.29, 1.82) is 0 Å². The van der Waals surface area contributed by atoms with Crippen LogP contribution in [0.1, 0.15) is 37.4 Å². The van der Waals surface area contributed by atoms with Crippen molar-refractivity contribution < 1.29 is 4.74 Å². The van der Waals surface area contributed by atoms with Gasteiger partial charge in [-0.15, -0.1) is 0 Å². The van der Waals surface area contributed by atoms with Crippen LogP contribution in [0.5, 0.6) is 0 Å². The molecule has 2 saturated heterocycles. The summed E-state index contributed by atoms with van der Waals surface area (Å²) in [6, 6.07) is 9.28. The molecule has 0 amide bonds. The number of guanidine groups is 1. The first kappa shape index (κ1) is 19.2. The van der Waals surface area contributed by atoms with Gasteiger partial charge in [0, 0.05) is 39.8 Å². The molecule has 2 aliphatic heterocycles. The van der Waals surface area contributed by atoms with Crippen molar-refractivity contribution in [3.63, 3.8) is 0 Å². The molecule has 0 spiro atoms. The molecule has 3 rings (SSSR count). The molecule has 1 N–H and O–H groups in total. The number of morpholine rings is 1. The zero-order valence-electron chi connectivity index (χ0n) is 16.8. The van der Waals surface area contributed by atoms with Crippen molar-refractivity contribution in [2.75, 3.05) is 53.0 Å². The quantitative estimate of drug-likeness (QED) is 0.664. The van der Waals surface area contributed by atoms with Crippen LogP contribution in [0.4, 0.5) is 0 Å². The van der Waals surface area contributed by atoms with Gasteiger partial charge in [0.15, 0.2) is 5.96 Å². The molecule has 2 aliphatic rings. The molecule has 1 aromatic rings. The molecule has 0 aliphatic carbocycles. The number of aliphatic imine (C=N–C) groups is 1. The van der Waals surface area contributed by atoms with Gasteiger partial charge in [0.2, 0.25) is 0 Å². The van der Waals surface area contributed by atoms with Crippen LogP contribution in [-0.4, -0.2) is 68.7 Å². The minimum Gasteiger partial charge on any atom is -0.379 e. The first-order chi connectivity index (χ1) is 12.5. The summed E-state index contributed by atoms with van der Waals surface area (Å²) in [5, 5.41) is 3.65. The van der Waals surface area contributed by atoms with Crippen LogP contribution in [0.15, 0.2) is 29.3 Å². The van der Waals surface area contributed by atoms with Crippen molar-refractivity contribution in [3.8, 4) is 0 Å². The van der Waals surface area contributed by atoms with Crippen molar-refractivity contribution in [1.82, 2.24) is 15.1 Å². The Morgan fingerprint density at radius 1 is 1.19 bits per heavy atom. The van der Waals surface area contributed by atoms with Crippen LogP contribution in [0.25, 0.3) is 0 Å². The summed E-state index contributed by atoms with van der Waals surface area (Å²) < 4.78 is 5.56. The molecule has 5 nitrogen and oxygen atoms in total. The first-order valence-corrected chi connectivity index (χ1v) is 9.82. The maximum atomic E-state index is 5.56. The van der Waals surface area contributed by atoms with Gasteiger partial charge in [0.1, 0.15) is 0 Å². The van der Waals surface area contributed by atoms with E-state index in [1.54, 1.807) is 0 Å². The molecule has 1 atom stereocenters. The number of ether oxygens (including phenoxy) is 1. The predicted molar refractivity (Wildman–Crippen MR) is 108 cm³/mol. The SMILES string of the molecule is CN=C(NCC(c1ccc(C)cc1)N1CCOCC1)N1CCC(C)(C)C1. The van der Waals surface area contributed by atoms with Gasteiger partial charge in [-0.05, 0) is 24.3 Å². The average Bonchev–Trinajstić information content (AvgIpc) is 3.00. The van der Waals surface area contributed by atoms with Crippen LogP contribution < -0.4 is 5.32 Å². The van der Waals surface area contributed by atoms with E-state index < -0.39 is 0 Å². The summed E-state index contributed by atoms with van der Waals surface area (Å²) in [5.74, 6) is 1.03. The van der Waals surface area contributed by atoms with Gasteiger partial charge in [0.25, 0.3) is 0 Å². The minimum absolute atomic E-state index is 0.340. The van der Waals surface area contributed by atoms with Crippen molar-refractivity contribution in [3.05, 3.63) is 35.4 Å². The summed E-state index contributed by atoms with van der Waals surface area (Å²) in [5.41, 5.74) is 3.04. The smallest absolute Gasteiger partial charge is 0.193 e. The monoisotopic (exact) mass is 358 g/mol. The van der Waals surface area contributed by atoms with Gasteiger partial charge in [0.05, 0.1) is 19.3 Å². The Bertz CT molecular complexity index is 605. The fourth-order valence-electron chi connectivity index (χ4n) is 3.95. The Kier molecular flexibility index (Phi) is 6.20. The van der Waals surface area contributed by atoms with E-state index in [0.717, 1.165) is 51.9 Å². The van der Waals surface area contributed by atoms with Gasteiger partial charge in [-0.1, -0.05) is 43.7 Å². The highest BCUT2D eigenvalue weighted by atomic mass is 16.5. The van der Waals surface area contributed by atoms with E-state index in [4.69, 9.17) is 4.74 Å². The topological polar surface area (TPSA) is 40.1 Å². The Morgan fingerprint density at radius 3 is 2.46 bits per heavy atom. The summed E-state index contributed by atoms with van der Waals surface area (Å²) in [4.78, 5) is 9.47. The van der Waals surface area contributed by atoms with Crippen molar-refractivity contribution in [2.24, 2.45) is 10.4 Å². The van der Waals surface area contributed by atoms with Gasteiger partial charge < -0.3 is 15.0 Å². The number of hydrogen-bond donors (Lipinski definition) is 1. The molecule has 26 heavy (non-hydrogen) atoms. The summed E-state index contributed by atoms with van der Waals surface area (Å²) in [6.45, 7) is 13.4. The number of nitrogens with one attached hydrogen (secondary N) is 1. The summed E-state index contributed by atoms with van der Waals surface area (Å²) in [6.07, 6.45) is 1.22. The van der Waals surface area contributed by atoms with E-state index in [0.29, 0.717) is 11.5 Å². The highest BCUT2D eigenvalue weighted by molar-refractivity contribution is 5.80. The molecule has 0 radical (unpaired) electrons. The summed E-state index contributed by atoms with van der Waals surface area (Å²) in [7, 11) is 1.89. The van der Waals surface area contributed by atoms with Crippen molar-refractivity contribution in [2.45, 2.75) is 33.2 Å². The Labute approximate surface area is 158 Å².